The monoisotopic (exact) mass is 602 g/mol. The molecule has 1 heterocycles. The second kappa shape index (κ2) is 7.05. The molecule has 0 fully saturated rings. The van der Waals surface area contributed by atoms with Gasteiger partial charge in [0.05, 0.1) is 0 Å². The summed E-state index contributed by atoms with van der Waals surface area (Å²) < 4.78 is 2.88. The van der Waals surface area contributed by atoms with Crippen LogP contribution in [-0.4, -0.2) is 6.21 Å². The average molecular weight is 606 g/mol. The molecule has 0 amide bonds. The standard InChI is InChI=1S/C13H9.C12H7BrN.2ClH.H2S.Zr/c1-3-7-12-10(5-1)9-11-6-2-4-8-13(11)12;13-10-1-2-11-9(6-10)5-8-3-4-14-7-12(8)11;;;;/h1-5,7-8H,9H2;1-5,7,12H;2*1H;1H2;/q;;;;;+3/p-3. The zero-order valence-corrected chi connectivity index (χ0v) is 22.8. The van der Waals surface area contributed by atoms with E-state index >= 15 is 0 Å². The Morgan fingerprint density at radius 3 is 2.68 bits per heavy atom. The number of rotatable bonds is 2. The van der Waals surface area contributed by atoms with Crippen molar-refractivity contribution in [3.05, 3.63) is 99.2 Å². The number of aliphatic imine (C=N–C) groups is 1. The summed E-state index contributed by atoms with van der Waals surface area (Å²) in [6.45, 7) is 0. The van der Waals surface area contributed by atoms with Gasteiger partial charge >= 0.3 is 204 Å². The van der Waals surface area contributed by atoms with Crippen molar-refractivity contribution in [1.82, 2.24) is 0 Å². The summed E-state index contributed by atoms with van der Waals surface area (Å²) in [7, 11) is 20.4. The first kappa shape index (κ1) is 20.7. The molecular weight excluding hydrogens is 588 g/mol. The SMILES string of the molecule is [SH][Zr]([Cl])([Cl])([c]1cccc2c1Cc1ccccc1-2)[c]1c(Br)ccc2c1C=C1C=CN=CC12. The number of halogens is 3. The second-order valence-corrected chi connectivity index (χ2v) is 35.0. The van der Waals surface area contributed by atoms with Crippen LogP contribution in [0.3, 0.4) is 0 Å². The minimum absolute atomic E-state index is 0.143. The van der Waals surface area contributed by atoms with Gasteiger partial charge in [-0.25, -0.2) is 0 Å². The molecule has 0 saturated heterocycles. The predicted octanol–water partition coefficient (Wildman–Crippen LogP) is 6.89. The van der Waals surface area contributed by atoms with Crippen molar-refractivity contribution in [1.29, 1.82) is 0 Å². The van der Waals surface area contributed by atoms with Crippen LogP contribution in [0.25, 0.3) is 17.2 Å². The molecule has 1 atom stereocenters. The molecule has 0 aromatic heterocycles. The number of hydrogen-bond donors (Lipinski definition) is 1. The molecule has 6 heteroatoms. The van der Waals surface area contributed by atoms with E-state index in [1.807, 2.05) is 12.4 Å². The molecule has 0 spiro atoms. The fourth-order valence-electron chi connectivity index (χ4n) is 5.18. The van der Waals surface area contributed by atoms with E-state index in [0.717, 1.165) is 23.0 Å². The third-order valence-electron chi connectivity index (χ3n) is 6.56. The molecular formula is C25H17BrCl2NSZr. The number of hydrogen-bond acceptors (Lipinski definition) is 2. The van der Waals surface area contributed by atoms with Gasteiger partial charge in [0.1, 0.15) is 0 Å². The van der Waals surface area contributed by atoms with Gasteiger partial charge in [0.25, 0.3) is 0 Å². The van der Waals surface area contributed by atoms with E-state index in [9.17, 15) is 0 Å². The molecule has 2 aliphatic carbocycles. The third-order valence-corrected chi connectivity index (χ3v) is 22.3. The molecule has 3 aromatic rings. The van der Waals surface area contributed by atoms with Gasteiger partial charge in [0.15, 0.2) is 0 Å². The van der Waals surface area contributed by atoms with Crippen LogP contribution in [0.5, 0.6) is 0 Å². The van der Waals surface area contributed by atoms with Gasteiger partial charge in [-0.3, -0.25) is 0 Å². The Morgan fingerprint density at radius 2 is 1.81 bits per heavy atom. The van der Waals surface area contributed by atoms with Gasteiger partial charge in [-0.2, -0.15) is 0 Å². The number of allylic oxidation sites excluding steroid dienone is 2. The van der Waals surface area contributed by atoms with Gasteiger partial charge in [-0.05, 0) is 0 Å². The van der Waals surface area contributed by atoms with Crippen LogP contribution in [0, 0.1) is 0 Å². The van der Waals surface area contributed by atoms with Crippen LogP contribution >= 0.6 is 42.3 Å². The van der Waals surface area contributed by atoms with Crippen molar-refractivity contribution in [3.63, 3.8) is 0 Å². The van der Waals surface area contributed by atoms with Crippen molar-refractivity contribution in [2.75, 3.05) is 0 Å². The zero-order valence-electron chi connectivity index (χ0n) is 16.3. The second-order valence-electron chi connectivity index (χ2n) is 8.29. The summed E-state index contributed by atoms with van der Waals surface area (Å²) in [6.07, 6.45) is 8.91. The van der Waals surface area contributed by atoms with Crippen LogP contribution in [-0.2, 0) is 21.4 Å². The van der Waals surface area contributed by atoms with Crippen LogP contribution in [0.4, 0.5) is 0 Å². The molecule has 0 bridgehead atoms. The Balaban J connectivity index is 1.61. The van der Waals surface area contributed by atoms with Gasteiger partial charge < -0.3 is 0 Å². The molecule has 3 aliphatic rings. The fraction of sp³-hybridized carbons (Fsp3) is 0.0800. The number of fused-ring (bicyclic) bond motifs is 6. The Labute approximate surface area is 201 Å². The van der Waals surface area contributed by atoms with Gasteiger partial charge in [-0.1, -0.05) is 0 Å². The van der Waals surface area contributed by atoms with E-state index in [1.165, 1.54) is 33.4 Å². The van der Waals surface area contributed by atoms with Crippen molar-refractivity contribution < 1.29 is 14.9 Å². The molecule has 0 N–H and O–H groups in total. The maximum absolute atomic E-state index is 7.58. The number of thiol groups is 1. The van der Waals surface area contributed by atoms with E-state index in [2.05, 4.69) is 87.7 Å². The molecule has 1 unspecified atom stereocenters. The van der Waals surface area contributed by atoms with E-state index < -0.39 is 14.9 Å². The first-order valence-corrected chi connectivity index (χ1v) is 23.4. The van der Waals surface area contributed by atoms with E-state index in [4.69, 9.17) is 26.4 Å². The minimum atomic E-state index is -4.97. The summed E-state index contributed by atoms with van der Waals surface area (Å²) in [5.41, 5.74) is 8.49. The molecule has 3 aromatic carbocycles. The van der Waals surface area contributed by atoms with E-state index in [-0.39, 0.29) is 5.92 Å². The zero-order chi connectivity index (χ0) is 21.4. The Kier molecular flexibility index (Phi) is 4.71. The maximum atomic E-state index is 7.58. The summed E-state index contributed by atoms with van der Waals surface area (Å²) in [4.78, 5) is 4.35. The van der Waals surface area contributed by atoms with Gasteiger partial charge in [0.2, 0.25) is 0 Å². The first-order valence-electron chi connectivity index (χ1n) is 10.1. The number of nitrogens with zero attached hydrogens (tertiary/aromatic N) is 1. The Hall–Kier alpha value is -0.897. The van der Waals surface area contributed by atoms with Crippen molar-refractivity contribution in [2.45, 2.75) is 12.3 Å². The third kappa shape index (κ3) is 3.02. The summed E-state index contributed by atoms with van der Waals surface area (Å²) in [5, 5.41) is 0. The molecule has 0 radical (unpaired) electrons. The summed E-state index contributed by atoms with van der Waals surface area (Å²) in [6, 6.07) is 19.0. The topological polar surface area (TPSA) is 12.4 Å². The van der Waals surface area contributed by atoms with Crippen molar-refractivity contribution in [3.8, 4) is 11.1 Å². The predicted molar refractivity (Wildman–Crippen MR) is 137 cm³/mol. The summed E-state index contributed by atoms with van der Waals surface area (Å²) in [5.74, 6) is 0.143. The van der Waals surface area contributed by atoms with Crippen LogP contribution in [0.2, 0.25) is 0 Å². The van der Waals surface area contributed by atoms with Crippen molar-refractivity contribution >= 4 is 61.2 Å². The van der Waals surface area contributed by atoms with E-state index in [1.54, 1.807) is 0 Å². The van der Waals surface area contributed by atoms with Crippen LogP contribution in [0.15, 0.2) is 81.9 Å². The normalized spacial score (nSPS) is 19.2. The molecule has 153 valence electrons. The number of benzene rings is 3. The Bertz CT molecular complexity index is 1380. The van der Waals surface area contributed by atoms with E-state index in [0.29, 0.717) is 0 Å². The van der Waals surface area contributed by atoms with Crippen LogP contribution < -0.4 is 6.54 Å². The molecule has 0 saturated carbocycles. The molecule has 6 rings (SSSR count). The van der Waals surface area contributed by atoms with Crippen molar-refractivity contribution in [2.24, 2.45) is 4.99 Å². The molecule has 1 nitrogen and oxygen atoms in total. The Morgan fingerprint density at radius 1 is 1.00 bits per heavy atom. The quantitative estimate of drug-likeness (QED) is 0.239. The van der Waals surface area contributed by atoms with Crippen LogP contribution in [0.1, 0.15) is 28.2 Å². The fourth-order valence-corrected chi connectivity index (χ4v) is 23.6. The summed E-state index contributed by atoms with van der Waals surface area (Å²) >= 11 is -1.19. The molecule has 31 heavy (non-hydrogen) atoms. The van der Waals surface area contributed by atoms with Gasteiger partial charge in [-0.15, -0.1) is 0 Å². The van der Waals surface area contributed by atoms with Gasteiger partial charge in [0, 0.05) is 0 Å². The average Bonchev–Trinajstić information content (AvgIpc) is 3.30. The first-order chi connectivity index (χ1) is 14.8. The molecule has 1 aliphatic heterocycles.